The maximum absolute atomic E-state index is 12.7. The molecule has 0 radical (unpaired) electrons. The first kappa shape index (κ1) is 21.8. The second kappa shape index (κ2) is 8.61. The van der Waals surface area contributed by atoms with Gasteiger partial charge in [-0.3, -0.25) is 4.79 Å². The van der Waals surface area contributed by atoms with E-state index in [2.05, 4.69) is 21.2 Å². The van der Waals surface area contributed by atoms with Gasteiger partial charge >= 0.3 is 6.18 Å². The molecule has 1 saturated heterocycles. The Balaban J connectivity index is 1.38. The summed E-state index contributed by atoms with van der Waals surface area (Å²) < 4.78 is 38.2. The Kier molecular flexibility index (Phi) is 5.86. The smallest absolute Gasteiger partial charge is 0.352 e. The van der Waals surface area contributed by atoms with Gasteiger partial charge in [0.2, 0.25) is 0 Å². The number of amides is 1. The number of carbonyl (C=O) groups excluding carboxylic acids is 1. The summed E-state index contributed by atoms with van der Waals surface area (Å²) in [6.45, 7) is 6.16. The minimum absolute atomic E-state index is 0.254. The van der Waals surface area contributed by atoms with Gasteiger partial charge in [0, 0.05) is 37.3 Å². The standard InChI is InChI=1S/C24H23F3N4O/c1-16-3-8-20(17(2)15-16)21-9-10-22(29-28-21)30-11-13-31(14-12-30)23(32)18-4-6-19(7-5-18)24(25,26)27/h3-10,15H,11-14H2,1-2H3. The topological polar surface area (TPSA) is 49.3 Å². The largest absolute Gasteiger partial charge is 0.416 e. The first-order chi connectivity index (χ1) is 15.2. The second-order valence-electron chi connectivity index (χ2n) is 7.95. The van der Waals surface area contributed by atoms with Gasteiger partial charge in [-0.15, -0.1) is 10.2 Å². The Morgan fingerprint density at radius 3 is 2.12 bits per heavy atom. The Morgan fingerprint density at radius 2 is 1.56 bits per heavy atom. The molecule has 5 nitrogen and oxygen atoms in total. The van der Waals surface area contributed by atoms with Crippen molar-refractivity contribution in [3.05, 3.63) is 76.9 Å². The summed E-state index contributed by atoms with van der Waals surface area (Å²) in [5.41, 5.74) is 3.68. The molecule has 0 saturated carbocycles. The average Bonchev–Trinajstić information content (AvgIpc) is 2.78. The summed E-state index contributed by atoms with van der Waals surface area (Å²) in [5.74, 6) is 0.467. The number of piperazine rings is 1. The van der Waals surface area contributed by atoms with Crippen LogP contribution < -0.4 is 4.90 Å². The van der Waals surface area contributed by atoms with Crippen LogP contribution >= 0.6 is 0 Å². The zero-order valence-corrected chi connectivity index (χ0v) is 17.9. The summed E-state index contributed by atoms with van der Waals surface area (Å²) in [6, 6.07) is 14.4. The van der Waals surface area contributed by atoms with Gasteiger partial charge in [-0.2, -0.15) is 13.2 Å². The number of hydrogen-bond acceptors (Lipinski definition) is 4. The molecule has 1 fully saturated rings. The highest BCUT2D eigenvalue weighted by Gasteiger charge is 2.31. The highest BCUT2D eigenvalue weighted by atomic mass is 19.4. The fourth-order valence-electron chi connectivity index (χ4n) is 3.86. The summed E-state index contributed by atoms with van der Waals surface area (Å²) >= 11 is 0. The first-order valence-corrected chi connectivity index (χ1v) is 10.4. The number of halogens is 3. The third kappa shape index (κ3) is 4.59. The number of benzene rings is 2. The molecule has 0 N–H and O–H groups in total. The maximum Gasteiger partial charge on any atom is 0.416 e. The monoisotopic (exact) mass is 440 g/mol. The van der Waals surface area contributed by atoms with Gasteiger partial charge in [0.1, 0.15) is 0 Å². The van der Waals surface area contributed by atoms with Crippen LogP contribution in [0.2, 0.25) is 0 Å². The highest BCUT2D eigenvalue weighted by molar-refractivity contribution is 5.94. The molecular weight excluding hydrogens is 417 g/mol. The molecule has 8 heteroatoms. The van der Waals surface area contributed by atoms with E-state index in [1.54, 1.807) is 4.90 Å². The molecule has 4 rings (SSSR count). The molecule has 3 aromatic rings. The minimum atomic E-state index is -4.41. The lowest BCUT2D eigenvalue weighted by Crippen LogP contribution is -2.49. The zero-order valence-electron chi connectivity index (χ0n) is 17.9. The van der Waals surface area contributed by atoms with Crippen LogP contribution in [0.1, 0.15) is 27.0 Å². The van der Waals surface area contributed by atoms with E-state index in [-0.39, 0.29) is 11.5 Å². The minimum Gasteiger partial charge on any atom is -0.352 e. The normalized spacial score (nSPS) is 14.5. The van der Waals surface area contributed by atoms with Gasteiger partial charge < -0.3 is 9.80 Å². The van der Waals surface area contributed by atoms with Crippen molar-refractivity contribution in [1.82, 2.24) is 15.1 Å². The third-order valence-corrected chi connectivity index (χ3v) is 5.66. The molecular formula is C24H23F3N4O. The van der Waals surface area contributed by atoms with Gasteiger partial charge in [0.05, 0.1) is 11.3 Å². The molecule has 32 heavy (non-hydrogen) atoms. The fourth-order valence-corrected chi connectivity index (χ4v) is 3.86. The fraction of sp³-hybridized carbons (Fsp3) is 0.292. The number of hydrogen-bond donors (Lipinski definition) is 0. The lowest BCUT2D eigenvalue weighted by Gasteiger charge is -2.35. The average molecular weight is 440 g/mol. The van der Waals surface area contributed by atoms with Crippen LogP contribution in [0.15, 0.2) is 54.6 Å². The summed E-state index contributed by atoms with van der Waals surface area (Å²) in [6.07, 6.45) is -4.41. The van der Waals surface area contributed by atoms with Gasteiger partial charge in [-0.05, 0) is 55.8 Å². The van der Waals surface area contributed by atoms with Crippen molar-refractivity contribution in [1.29, 1.82) is 0 Å². The number of anilines is 1. The van der Waals surface area contributed by atoms with E-state index in [4.69, 9.17) is 0 Å². The van der Waals surface area contributed by atoms with E-state index in [9.17, 15) is 18.0 Å². The maximum atomic E-state index is 12.7. The first-order valence-electron chi connectivity index (χ1n) is 10.4. The summed E-state index contributed by atoms with van der Waals surface area (Å²) in [5, 5.41) is 8.75. The van der Waals surface area contributed by atoms with Crippen molar-refractivity contribution in [2.24, 2.45) is 0 Å². The van der Waals surface area contributed by atoms with E-state index >= 15 is 0 Å². The molecule has 0 aliphatic carbocycles. The number of nitrogens with zero attached hydrogens (tertiary/aromatic N) is 4. The summed E-state index contributed by atoms with van der Waals surface area (Å²) in [4.78, 5) is 16.4. The predicted molar refractivity (Wildman–Crippen MR) is 117 cm³/mol. The van der Waals surface area contributed by atoms with Crippen molar-refractivity contribution in [2.75, 3.05) is 31.1 Å². The lowest BCUT2D eigenvalue weighted by atomic mass is 10.0. The molecule has 1 aliphatic heterocycles. The van der Waals surface area contributed by atoms with Crippen LogP contribution in [0.4, 0.5) is 19.0 Å². The SMILES string of the molecule is Cc1ccc(-c2ccc(N3CCN(C(=O)c4ccc(C(F)(F)F)cc4)CC3)nn2)c(C)c1. The van der Waals surface area contributed by atoms with E-state index in [0.29, 0.717) is 26.2 Å². The van der Waals surface area contributed by atoms with Crippen LogP contribution in [0.5, 0.6) is 0 Å². The van der Waals surface area contributed by atoms with Crippen LogP contribution in [0.3, 0.4) is 0 Å². The van der Waals surface area contributed by atoms with E-state index in [1.807, 2.05) is 38.1 Å². The Bertz CT molecular complexity index is 1100. The van der Waals surface area contributed by atoms with Crippen LogP contribution in [-0.4, -0.2) is 47.2 Å². The number of aryl methyl sites for hydroxylation is 2. The number of rotatable bonds is 3. The second-order valence-corrected chi connectivity index (χ2v) is 7.95. The van der Waals surface area contributed by atoms with E-state index < -0.39 is 11.7 Å². The molecule has 1 amide bonds. The number of alkyl halides is 3. The predicted octanol–water partition coefficient (Wildman–Crippen LogP) is 4.74. The zero-order chi connectivity index (χ0) is 22.9. The van der Waals surface area contributed by atoms with Gasteiger partial charge in [-0.25, -0.2) is 0 Å². The Hall–Kier alpha value is -3.42. The molecule has 0 unspecified atom stereocenters. The van der Waals surface area contributed by atoms with Gasteiger partial charge in [0.25, 0.3) is 5.91 Å². The molecule has 2 aromatic carbocycles. The molecule has 1 aromatic heterocycles. The highest BCUT2D eigenvalue weighted by Crippen LogP contribution is 2.29. The molecule has 0 atom stereocenters. The van der Waals surface area contributed by atoms with Crippen LogP contribution in [-0.2, 0) is 6.18 Å². The third-order valence-electron chi connectivity index (χ3n) is 5.66. The van der Waals surface area contributed by atoms with Crippen molar-refractivity contribution < 1.29 is 18.0 Å². The van der Waals surface area contributed by atoms with E-state index in [1.165, 1.54) is 17.7 Å². The summed E-state index contributed by atoms with van der Waals surface area (Å²) in [7, 11) is 0. The number of carbonyl (C=O) groups is 1. The lowest BCUT2D eigenvalue weighted by molar-refractivity contribution is -0.137. The van der Waals surface area contributed by atoms with Crippen molar-refractivity contribution in [3.63, 3.8) is 0 Å². The van der Waals surface area contributed by atoms with Crippen LogP contribution in [0, 0.1) is 13.8 Å². The number of aromatic nitrogens is 2. The molecule has 0 bridgehead atoms. The van der Waals surface area contributed by atoms with E-state index in [0.717, 1.165) is 34.8 Å². The molecule has 0 spiro atoms. The molecule has 166 valence electrons. The Labute approximate surface area is 184 Å². The Morgan fingerprint density at radius 1 is 0.875 bits per heavy atom. The van der Waals surface area contributed by atoms with Crippen molar-refractivity contribution >= 4 is 11.7 Å². The van der Waals surface area contributed by atoms with Gasteiger partial charge in [0.15, 0.2) is 5.82 Å². The van der Waals surface area contributed by atoms with Crippen molar-refractivity contribution in [3.8, 4) is 11.3 Å². The molecule has 1 aliphatic rings. The quantitative estimate of drug-likeness (QED) is 0.590. The van der Waals surface area contributed by atoms with Gasteiger partial charge in [-0.1, -0.05) is 23.8 Å². The van der Waals surface area contributed by atoms with Crippen molar-refractivity contribution in [2.45, 2.75) is 20.0 Å². The van der Waals surface area contributed by atoms with Crippen LogP contribution in [0.25, 0.3) is 11.3 Å². The molecule has 2 heterocycles.